The number of anilines is 1. The SMILES string of the molecule is O=C(CC1=CCCCC1)Nc1ccccc1S(=O)(=O)F. The molecule has 0 bridgehead atoms. The van der Waals surface area contributed by atoms with Crippen LogP contribution in [0, 0.1) is 0 Å². The van der Waals surface area contributed by atoms with Crippen molar-refractivity contribution in [2.24, 2.45) is 0 Å². The van der Waals surface area contributed by atoms with Crippen molar-refractivity contribution in [3.05, 3.63) is 35.9 Å². The van der Waals surface area contributed by atoms with Gasteiger partial charge in [0.05, 0.1) is 5.69 Å². The number of rotatable bonds is 4. The van der Waals surface area contributed by atoms with E-state index in [2.05, 4.69) is 5.32 Å². The molecular weight excluding hydrogens is 281 g/mol. The molecule has 0 spiro atoms. The fourth-order valence-corrected chi connectivity index (χ4v) is 2.87. The Labute approximate surface area is 117 Å². The Morgan fingerprint density at radius 1 is 1.25 bits per heavy atom. The zero-order chi connectivity index (χ0) is 14.6. The van der Waals surface area contributed by atoms with Crippen LogP contribution in [0.1, 0.15) is 32.1 Å². The molecule has 0 aliphatic heterocycles. The minimum atomic E-state index is -4.84. The molecule has 0 aromatic heterocycles. The average molecular weight is 297 g/mol. The monoisotopic (exact) mass is 297 g/mol. The number of hydrogen-bond donors (Lipinski definition) is 1. The number of amides is 1. The number of carbonyl (C=O) groups excluding carboxylic acids is 1. The van der Waals surface area contributed by atoms with Gasteiger partial charge in [-0.3, -0.25) is 4.79 Å². The predicted molar refractivity (Wildman–Crippen MR) is 74.5 cm³/mol. The van der Waals surface area contributed by atoms with E-state index in [0.717, 1.165) is 37.3 Å². The van der Waals surface area contributed by atoms with E-state index in [-0.39, 0.29) is 18.0 Å². The van der Waals surface area contributed by atoms with Gasteiger partial charge < -0.3 is 5.32 Å². The third-order valence-corrected chi connectivity index (χ3v) is 4.08. The van der Waals surface area contributed by atoms with Crippen LogP contribution in [0.5, 0.6) is 0 Å². The molecule has 20 heavy (non-hydrogen) atoms. The summed E-state index contributed by atoms with van der Waals surface area (Å²) >= 11 is 0. The average Bonchev–Trinajstić information content (AvgIpc) is 2.39. The van der Waals surface area contributed by atoms with E-state index >= 15 is 0 Å². The largest absolute Gasteiger partial charge is 0.334 e. The molecule has 108 valence electrons. The minimum absolute atomic E-state index is 0.0172. The van der Waals surface area contributed by atoms with Crippen LogP contribution in [0.15, 0.2) is 40.8 Å². The molecule has 4 nitrogen and oxygen atoms in total. The zero-order valence-electron chi connectivity index (χ0n) is 10.9. The van der Waals surface area contributed by atoms with Crippen molar-refractivity contribution in [2.45, 2.75) is 37.0 Å². The van der Waals surface area contributed by atoms with E-state index in [4.69, 9.17) is 0 Å². The van der Waals surface area contributed by atoms with Crippen molar-refractivity contribution in [3.63, 3.8) is 0 Å². The van der Waals surface area contributed by atoms with Gasteiger partial charge in [0.1, 0.15) is 4.90 Å². The molecule has 2 rings (SSSR count). The van der Waals surface area contributed by atoms with E-state index in [1.807, 2.05) is 6.08 Å². The number of hydrogen-bond acceptors (Lipinski definition) is 3. The Morgan fingerprint density at radius 3 is 2.65 bits per heavy atom. The molecule has 0 heterocycles. The molecule has 1 amide bonds. The Kier molecular flexibility index (Phi) is 4.54. The highest BCUT2D eigenvalue weighted by atomic mass is 32.3. The molecule has 0 unspecified atom stereocenters. The normalized spacial score (nSPS) is 15.6. The van der Waals surface area contributed by atoms with E-state index in [1.165, 1.54) is 12.1 Å². The lowest BCUT2D eigenvalue weighted by atomic mass is 9.97. The van der Waals surface area contributed by atoms with Crippen LogP contribution in [0.4, 0.5) is 9.57 Å². The van der Waals surface area contributed by atoms with Crippen molar-refractivity contribution in [1.82, 2.24) is 0 Å². The fourth-order valence-electron chi connectivity index (χ4n) is 2.25. The summed E-state index contributed by atoms with van der Waals surface area (Å²) in [6.45, 7) is 0. The Balaban J connectivity index is 2.10. The standard InChI is InChI=1S/C14H16FNO3S/c15-20(18,19)13-9-5-4-8-12(13)16-14(17)10-11-6-2-1-3-7-11/h4-6,8-9H,1-3,7,10H2,(H,16,17). The fraction of sp³-hybridized carbons (Fsp3) is 0.357. The van der Waals surface area contributed by atoms with Gasteiger partial charge in [-0.15, -0.1) is 3.89 Å². The quantitative estimate of drug-likeness (QED) is 0.686. The van der Waals surface area contributed by atoms with Crippen LogP contribution >= 0.6 is 0 Å². The second-order valence-corrected chi connectivity index (χ2v) is 6.08. The number of allylic oxidation sites excluding steroid dienone is 1. The van der Waals surface area contributed by atoms with E-state index in [9.17, 15) is 17.1 Å². The van der Waals surface area contributed by atoms with E-state index in [0.29, 0.717) is 0 Å². The maximum absolute atomic E-state index is 13.1. The van der Waals surface area contributed by atoms with Crippen LogP contribution in [-0.4, -0.2) is 14.3 Å². The summed E-state index contributed by atoms with van der Waals surface area (Å²) in [4.78, 5) is 11.4. The smallest absolute Gasteiger partial charge is 0.325 e. The lowest BCUT2D eigenvalue weighted by molar-refractivity contribution is -0.115. The third kappa shape index (κ3) is 3.90. The van der Waals surface area contributed by atoms with Gasteiger partial charge >= 0.3 is 10.2 Å². The van der Waals surface area contributed by atoms with Crippen molar-refractivity contribution in [3.8, 4) is 0 Å². The maximum atomic E-state index is 13.1. The third-order valence-electron chi connectivity index (χ3n) is 3.20. The molecular formula is C14H16FNO3S. The summed E-state index contributed by atoms with van der Waals surface area (Å²) in [5.74, 6) is -0.325. The van der Waals surface area contributed by atoms with Crippen LogP contribution in [0.25, 0.3) is 0 Å². The summed E-state index contributed by atoms with van der Waals surface area (Å²) in [6.07, 6.45) is 6.32. The molecule has 1 N–H and O–H groups in total. The van der Waals surface area contributed by atoms with Gasteiger partial charge in [-0.2, -0.15) is 8.42 Å². The van der Waals surface area contributed by atoms with Gasteiger partial charge in [0, 0.05) is 6.42 Å². The molecule has 6 heteroatoms. The first-order chi connectivity index (χ1) is 9.47. The first-order valence-electron chi connectivity index (χ1n) is 6.48. The zero-order valence-corrected chi connectivity index (χ0v) is 11.7. The van der Waals surface area contributed by atoms with Crippen molar-refractivity contribution in [2.75, 3.05) is 5.32 Å². The van der Waals surface area contributed by atoms with E-state index in [1.54, 1.807) is 6.07 Å². The van der Waals surface area contributed by atoms with Gasteiger partial charge in [-0.1, -0.05) is 23.8 Å². The van der Waals surface area contributed by atoms with Crippen LogP contribution in [0.3, 0.4) is 0 Å². The van der Waals surface area contributed by atoms with E-state index < -0.39 is 15.1 Å². The summed E-state index contributed by atoms with van der Waals surface area (Å²) in [5.41, 5.74) is 1.03. The molecule has 0 saturated heterocycles. The summed E-state index contributed by atoms with van der Waals surface area (Å²) in [5, 5.41) is 2.47. The number of carbonyl (C=O) groups is 1. The molecule has 1 aromatic carbocycles. The van der Waals surface area contributed by atoms with Crippen LogP contribution in [-0.2, 0) is 15.0 Å². The topological polar surface area (TPSA) is 63.2 Å². The molecule has 1 aliphatic carbocycles. The van der Waals surface area contributed by atoms with Crippen LogP contribution < -0.4 is 5.32 Å². The number of para-hydroxylation sites is 1. The van der Waals surface area contributed by atoms with Crippen LogP contribution in [0.2, 0.25) is 0 Å². The lowest BCUT2D eigenvalue weighted by Crippen LogP contribution is -2.14. The van der Waals surface area contributed by atoms with Crippen molar-refractivity contribution < 1.29 is 17.1 Å². The second-order valence-electron chi connectivity index (χ2n) is 4.77. The number of nitrogens with one attached hydrogen (secondary N) is 1. The number of halogens is 1. The highest BCUT2D eigenvalue weighted by Crippen LogP contribution is 2.24. The molecule has 0 saturated carbocycles. The maximum Gasteiger partial charge on any atom is 0.334 e. The highest BCUT2D eigenvalue weighted by Gasteiger charge is 2.18. The lowest BCUT2D eigenvalue weighted by Gasteiger charge is -2.13. The predicted octanol–water partition coefficient (Wildman–Crippen LogP) is 3.17. The van der Waals surface area contributed by atoms with Gasteiger partial charge in [-0.05, 0) is 37.8 Å². The Hall–Kier alpha value is -1.69. The van der Waals surface area contributed by atoms with Gasteiger partial charge in [0.2, 0.25) is 5.91 Å². The Bertz CT molecular complexity index is 638. The first kappa shape index (κ1) is 14.7. The van der Waals surface area contributed by atoms with Crippen molar-refractivity contribution >= 4 is 21.8 Å². The second kappa shape index (κ2) is 6.17. The summed E-state index contributed by atoms with van der Waals surface area (Å²) in [7, 11) is -4.84. The van der Waals surface area contributed by atoms with Crippen molar-refractivity contribution in [1.29, 1.82) is 0 Å². The highest BCUT2D eigenvalue weighted by molar-refractivity contribution is 7.86. The molecule has 0 fully saturated rings. The minimum Gasteiger partial charge on any atom is -0.325 e. The molecule has 1 aliphatic rings. The van der Waals surface area contributed by atoms with Gasteiger partial charge in [-0.25, -0.2) is 0 Å². The Morgan fingerprint density at radius 2 is 2.00 bits per heavy atom. The van der Waals surface area contributed by atoms with Gasteiger partial charge in [0.15, 0.2) is 0 Å². The first-order valence-corrected chi connectivity index (χ1v) is 7.86. The summed E-state index contributed by atoms with van der Waals surface area (Å²) in [6, 6.07) is 5.46. The number of benzene rings is 1. The molecule has 0 atom stereocenters. The summed E-state index contributed by atoms with van der Waals surface area (Å²) < 4.78 is 35.1. The molecule has 1 aromatic rings. The van der Waals surface area contributed by atoms with Gasteiger partial charge in [0.25, 0.3) is 0 Å². The molecule has 0 radical (unpaired) electrons.